The van der Waals surface area contributed by atoms with Gasteiger partial charge in [-0.2, -0.15) is 0 Å². The van der Waals surface area contributed by atoms with Crippen LogP contribution in [0.3, 0.4) is 0 Å². The number of piperidine rings is 1. The molecule has 1 aliphatic heterocycles. The maximum atomic E-state index is 13.2. The standard InChI is InChI=1S/C26H26N4O4/c31-25(20-10-7-11-22(16-20)30(33)34)28-21-12-13-24(29-14-5-2-6-15-29)23(17-21)26(32)27-18-19-8-3-1-4-9-19/h1,3-4,7-13,16-17H,2,5-6,14-15,18H2,(H,27,32)(H,28,31). The zero-order chi connectivity index (χ0) is 23.9. The van der Waals surface area contributed by atoms with Gasteiger partial charge >= 0.3 is 0 Å². The molecule has 2 amide bonds. The fraction of sp³-hybridized carbons (Fsp3) is 0.231. The Hall–Kier alpha value is -4.20. The molecule has 1 aliphatic rings. The zero-order valence-electron chi connectivity index (χ0n) is 18.7. The number of nitrogens with one attached hydrogen (secondary N) is 2. The summed E-state index contributed by atoms with van der Waals surface area (Å²) in [5, 5.41) is 16.8. The van der Waals surface area contributed by atoms with E-state index < -0.39 is 10.8 Å². The molecule has 0 atom stereocenters. The van der Waals surface area contributed by atoms with Crippen molar-refractivity contribution >= 4 is 28.9 Å². The maximum absolute atomic E-state index is 13.2. The molecule has 0 bridgehead atoms. The number of hydrogen-bond donors (Lipinski definition) is 2. The zero-order valence-corrected chi connectivity index (χ0v) is 18.7. The fourth-order valence-electron chi connectivity index (χ4n) is 4.04. The lowest BCUT2D eigenvalue weighted by Gasteiger charge is -2.30. The van der Waals surface area contributed by atoms with Gasteiger partial charge in [-0.15, -0.1) is 0 Å². The molecule has 0 unspecified atom stereocenters. The second-order valence-corrected chi connectivity index (χ2v) is 8.21. The third kappa shape index (κ3) is 5.58. The number of benzene rings is 3. The van der Waals surface area contributed by atoms with Crippen LogP contribution in [0.1, 0.15) is 45.5 Å². The number of nitrogens with zero attached hydrogens (tertiary/aromatic N) is 2. The third-order valence-corrected chi connectivity index (χ3v) is 5.81. The van der Waals surface area contributed by atoms with Crippen LogP contribution in [-0.2, 0) is 6.54 Å². The largest absolute Gasteiger partial charge is 0.371 e. The van der Waals surface area contributed by atoms with E-state index in [2.05, 4.69) is 15.5 Å². The molecule has 0 spiro atoms. The lowest BCUT2D eigenvalue weighted by Crippen LogP contribution is -2.32. The average molecular weight is 459 g/mol. The van der Waals surface area contributed by atoms with Crippen LogP contribution >= 0.6 is 0 Å². The first-order valence-electron chi connectivity index (χ1n) is 11.3. The third-order valence-electron chi connectivity index (χ3n) is 5.81. The van der Waals surface area contributed by atoms with Gasteiger partial charge in [-0.1, -0.05) is 36.4 Å². The predicted molar refractivity (Wildman–Crippen MR) is 131 cm³/mol. The first kappa shape index (κ1) is 23.0. The maximum Gasteiger partial charge on any atom is 0.270 e. The Morgan fingerprint density at radius 2 is 1.65 bits per heavy atom. The normalized spacial score (nSPS) is 13.2. The van der Waals surface area contributed by atoms with Gasteiger partial charge in [-0.25, -0.2) is 0 Å². The highest BCUT2D eigenvalue weighted by Crippen LogP contribution is 2.28. The number of hydrogen-bond acceptors (Lipinski definition) is 5. The van der Waals surface area contributed by atoms with Crippen LogP contribution in [0.25, 0.3) is 0 Å². The Balaban J connectivity index is 1.57. The van der Waals surface area contributed by atoms with Gasteiger partial charge in [0.1, 0.15) is 0 Å². The van der Waals surface area contributed by atoms with Crippen molar-refractivity contribution in [2.24, 2.45) is 0 Å². The van der Waals surface area contributed by atoms with Gasteiger partial charge in [-0.3, -0.25) is 19.7 Å². The van der Waals surface area contributed by atoms with Crippen molar-refractivity contribution in [2.45, 2.75) is 25.8 Å². The number of amides is 2. The number of non-ortho nitro benzene ring substituents is 1. The number of anilines is 2. The second-order valence-electron chi connectivity index (χ2n) is 8.21. The van der Waals surface area contributed by atoms with E-state index in [0.717, 1.165) is 37.2 Å². The van der Waals surface area contributed by atoms with Crippen molar-refractivity contribution in [3.63, 3.8) is 0 Å². The summed E-state index contributed by atoms with van der Waals surface area (Å²) in [6.07, 6.45) is 3.30. The Morgan fingerprint density at radius 3 is 2.38 bits per heavy atom. The van der Waals surface area contributed by atoms with Crippen molar-refractivity contribution in [2.75, 3.05) is 23.3 Å². The molecule has 34 heavy (non-hydrogen) atoms. The van der Waals surface area contributed by atoms with Crippen molar-refractivity contribution in [1.82, 2.24) is 5.32 Å². The number of nitro benzene ring substituents is 1. The fourth-order valence-corrected chi connectivity index (χ4v) is 4.04. The summed E-state index contributed by atoms with van der Waals surface area (Å²) >= 11 is 0. The lowest BCUT2D eigenvalue weighted by atomic mass is 10.1. The van der Waals surface area contributed by atoms with Crippen LogP contribution in [0.15, 0.2) is 72.8 Å². The average Bonchev–Trinajstić information content (AvgIpc) is 2.88. The minimum absolute atomic E-state index is 0.158. The Labute approximate surface area is 197 Å². The minimum atomic E-state index is -0.542. The summed E-state index contributed by atoms with van der Waals surface area (Å²) in [6.45, 7) is 2.14. The summed E-state index contributed by atoms with van der Waals surface area (Å²) in [4.78, 5) is 38.6. The quantitative estimate of drug-likeness (QED) is 0.392. The van der Waals surface area contributed by atoms with Crippen LogP contribution < -0.4 is 15.5 Å². The topological polar surface area (TPSA) is 105 Å². The van der Waals surface area contributed by atoms with Crippen molar-refractivity contribution < 1.29 is 14.5 Å². The molecule has 0 radical (unpaired) electrons. The molecule has 174 valence electrons. The lowest BCUT2D eigenvalue weighted by molar-refractivity contribution is -0.384. The first-order valence-corrected chi connectivity index (χ1v) is 11.3. The van der Waals surface area contributed by atoms with Crippen LogP contribution in [0.5, 0.6) is 0 Å². The Morgan fingerprint density at radius 1 is 0.882 bits per heavy atom. The molecule has 1 fully saturated rings. The summed E-state index contributed by atoms with van der Waals surface area (Å²) in [5.74, 6) is -0.707. The first-order chi connectivity index (χ1) is 16.5. The van der Waals surface area contributed by atoms with Gasteiger partial charge in [0.05, 0.1) is 10.5 Å². The van der Waals surface area contributed by atoms with Crippen LogP contribution in [0.2, 0.25) is 0 Å². The SMILES string of the molecule is O=C(Nc1ccc(N2CCCCC2)c(C(=O)NCc2ccccc2)c1)c1cccc([N+](=O)[O-])c1. The molecule has 3 aromatic carbocycles. The van der Waals surface area contributed by atoms with Gasteiger partial charge in [0.25, 0.3) is 17.5 Å². The molecule has 0 aliphatic carbocycles. The minimum Gasteiger partial charge on any atom is -0.371 e. The predicted octanol–water partition coefficient (Wildman–Crippen LogP) is 4.77. The molecule has 8 nitrogen and oxygen atoms in total. The van der Waals surface area contributed by atoms with Gasteiger partial charge in [0.2, 0.25) is 0 Å². The van der Waals surface area contributed by atoms with E-state index >= 15 is 0 Å². The van der Waals surface area contributed by atoms with Gasteiger partial charge in [0, 0.05) is 48.7 Å². The van der Waals surface area contributed by atoms with Crippen molar-refractivity contribution in [3.05, 3.63) is 99.6 Å². The molecule has 8 heteroatoms. The number of carbonyl (C=O) groups excluding carboxylic acids is 2. The summed E-state index contributed by atoms with van der Waals surface area (Å²) < 4.78 is 0. The molecule has 2 N–H and O–H groups in total. The summed E-state index contributed by atoms with van der Waals surface area (Å²) in [7, 11) is 0. The van der Waals surface area contributed by atoms with Crippen LogP contribution in [0.4, 0.5) is 17.1 Å². The molecule has 0 saturated carbocycles. The highest BCUT2D eigenvalue weighted by molar-refractivity contribution is 6.06. The van der Waals surface area contributed by atoms with E-state index in [1.54, 1.807) is 12.1 Å². The molecule has 1 heterocycles. The summed E-state index contributed by atoms with van der Waals surface area (Å²) in [5.41, 5.74) is 2.76. The highest BCUT2D eigenvalue weighted by atomic mass is 16.6. The van der Waals surface area contributed by atoms with E-state index in [-0.39, 0.29) is 17.2 Å². The van der Waals surface area contributed by atoms with Crippen molar-refractivity contribution in [3.8, 4) is 0 Å². The molecular weight excluding hydrogens is 432 g/mol. The number of nitro groups is 1. The van der Waals surface area contributed by atoms with E-state index in [4.69, 9.17) is 0 Å². The van der Waals surface area contributed by atoms with Crippen LogP contribution in [0, 0.1) is 10.1 Å². The van der Waals surface area contributed by atoms with E-state index in [0.29, 0.717) is 17.8 Å². The van der Waals surface area contributed by atoms with Gasteiger partial charge < -0.3 is 15.5 Å². The number of carbonyl (C=O) groups is 2. The van der Waals surface area contributed by atoms with Gasteiger partial charge in [-0.05, 0) is 49.1 Å². The molecule has 3 aromatic rings. The Kier molecular flexibility index (Phi) is 7.17. The van der Waals surface area contributed by atoms with E-state index in [1.807, 2.05) is 36.4 Å². The number of rotatable bonds is 7. The Bertz CT molecular complexity index is 1190. The molecule has 4 rings (SSSR count). The van der Waals surface area contributed by atoms with E-state index in [9.17, 15) is 19.7 Å². The summed E-state index contributed by atoms with van der Waals surface area (Å²) in [6, 6.07) is 20.5. The molecular formula is C26H26N4O4. The highest BCUT2D eigenvalue weighted by Gasteiger charge is 2.20. The smallest absolute Gasteiger partial charge is 0.270 e. The van der Waals surface area contributed by atoms with E-state index in [1.165, 1.54) is 30.7 Å². The molecule has 1 saturated heterocycles. The monoisotopic (exact) mass is 458 g/mol. The molecule has 0 aromatic heterocycles. The van der Waals surface area contributed by atoms with Crippen molar-refractivity contribution in [1.29, 1.82) is 0 Å². The second kappa shape index (κ2) is 10.6. The van der Waals surface area contributed by atoms with Gasteiger partial charge in [0.15, 0.2) is 0 Å². The van der Waals surface area contributed by atoms with Crippen LogP contribution in [-0.4, -0.2) is 29.8 Å².